The van der Waals surface area contributed by atoms with Crippen LogP contribution >= 0.6 is 0 Å². The fraction of sp³-hybridized carbons (Fsp3) is 0.500. The first-order valence-corrected chi connectivity index (χ1v) is 6.37. The zero-order valence-corrected chi connectivity index (χ0v) is 10.7. The average Bonchev–Trinajstić information content (AvgIpc) is 2.41. The molecule has 0 radical (unpaired) electrons. The molecule has 18 heavy (non-hydrogen) atoms. The number of carbonyl (C=O) groups excluding carboxylic acids is 1. The first-order valence-electron chi connectivity index (χ1n) is 6.37. The van der Waals surface area contributed by atoms with Crippen molar-refractivity contribution in [3.05, 3.63) is 35.1 Å². The van der Waals surface area contributed by atoms with Crippen molar-refractivity contribution in [1.29, 1.82) is 0 Å². The normalized spacial score (nSPS) is 16.9. The molecule has 0 unspecified atom stereocenters. The molecule has 1 heterocycles. The van der Waals surface area contributed by atoms with Crippen LogP contribution in [0.4, 0.5) is 4.39 Å². The third-order valence-electron chi connectivity index (χ3n) is 3.65. The second-order valence-corrected chi connectivity index (χ2v) is 4.94. The monoisotopic (exact) mass is 250 g/mol. The van der Waals surface area contributed by atoms with Gasteiger partial charge >= 0.3 is 0 Å². The first kappa shape index (κ1) is 13.0. The van der Waals surface area contributed by atoms with Gasteiger partial charge in [0.2, 0.25) is 0 Å². The molecule has 1 aliphatic heterocycles. The fourth-order valence-corrected chi connectivity index (χ4v) is 2.28. The molecule has 3 nitrogen and oxygen atoms in total. The smallest absolute Gasteiger partial charge is 0.253 e. The first-order chi connectivity index (χ1) is 8.61. The van der Waals surface area contributed by atoms with E-state index in [-0.39, 0.29) is 11.7 Å². The summed E-state index contributed by atoms with van der Waals surface area (Å²) < 4.78 is 13.4. The molecular weight excluding hydrogens is 231 g/mol. The zero-order valence-electron chi connectivity index (χ0n) is 10.7. The highest BCUT2D eigenvalue weighted by atomic mass is 19.1. The summed E-state index contributed by atoms with van der Waals surface area (Å²) in [6.45, 7) is 3.81. The summed E-state index contributed by atoms with van der Waals surface area (Å²) in [7, 11) is 0. The van der Waals surface area contributed by atoms with E-state index in [4.69, 9.17) is 5.73 Å². The van der Waals surface area contributed by atoms with E-state index in [1.807, 2.05) is 0 Å². The number of hydrogen-bond acceptors (Lipinski definition) is 2. The van der Waals surface area contributed by atoms with Crippen molar-refractivity contribution < 1.29 is 9.18 Å². The second-order valence-electron chi connectivity index (χ2n) is 4.94. The summed E-state index contributed by atoms with van der Waals surface area (Å²) in [6.07, 6.45) is 1.88. The largest absolute Gasteiger partial charge is 0.339 e. The van der Waals surface area contributed by atoms with E-state index in [1.54, 1.807) is 24.0 Å². The number of benzene rings is 1. The molecule has 0 saturated carbocycles. The van der Waals surface area contributed by atoms with Crippen molar-refractivity contribution in [1.82, 2.24) is 4.90 Å². The van der Waals surface area contributed by atoms with E-state index in [0.29, 0.717) is 23.6 Å². The van der Waals surface area contributed by atoms with Crippen molar-refractivity contribution >= 4 is 5.91 Å². The van der Waals surface area contributed by atoms with E-state index in [1.165, 1.54) is 6.07 Å². The van der Waals surface area contributed by atoms with Gasteiger partial charge in [0, 0.05) is 18.7 Å². The van der Waals surface area contributed by atoms with Gasteiger partial charge in [-0.3, -0.25) is 4.79 Å². The maximum atomic E-state index is 13.4. The van der Waals surface area contributed by atoms with Gasteiger partial charge < -0.3 is 10.6 Å². The van der Waals surface area contributed by atoms with Crippen LogP contribution < -0.4 is 5.73 Å². The van der Waals surface area contributed by atoms with Crippen LogP contribution in [-0.2, 0) is 0 Å². The number of carbonyl (C=O) groups is 1. The molecule has 0 bridgehead atoms. The quantitative estimate of drug-likeness (QED) is 0.872. The maximum absolute atomic E-state index is 13.4. The number of piperidine rings is 1. The predicted molar refractivity (Wildman–Crippen MR) is 68.8 cm³/mol. The Labute approximate surface area is 107 Å². The summed E-state index contributed by atoms with van der Waals surface area (Å²) in [4.78, 5) is 14.0. The van der Waals surface area contributed by atoms with Crippen molar-refractivity contribution in [2.24, 2.45) is 11.7 Å². The molecule has 0 atom stereocenters. The lowest BCUT2D eigenvalue weighted by molar-refractivity contribution is 0.0693. The molecule has 1 aromatic carbocycles. The second kappa shape index (κ2) is 5.48. The summed E-state index contributed by atoms with van der Waals surface area (Å²) >= 11 is 0. The van der Waals surface area contributed by atoms with Gasteiger partial charge in [-0.25, -0.2) is 4.39 Å². The lowest BCUT2D eigenvalue weighted by Crippen LogP contribution is -2.40. The highest BCUT2D eigenvalue weighted by Crippen LogP contribution is 2.19. The number of nitrogens with two attached hydrogens (primary N) is 1. The van der Waals surface area contributed by atoms with Gasteiger partial charge in [-0.05, 0) is 49.9 Å². The standard InChI is InChI=1S/C14H19FN2O/c1-10-2-3-12(8-13(10)15)14(18)17-6-4-11(9-16)5-7-17/h2-3,8,11H,4-7,9,16H2,1H3. The van der Waals surface area contributed by atoms with Gasteiger partial charge in [0.15, 0.2) is 0 Å². The highest BCUT2D eigenvalue weighted by molar-refractivity contribution is 5.94. The number of nitrogens with zero attached hydrogens (tertiary/aromatic N) is 1. The molecule has 0 aliphatic carbocycles. The Kier molecular flexibility index (Phi) is 3.97. The molecule has 1 aromatic rings. The molecule has 4 heteroatoms. The molecular formula is C14H19FN2O. The van der Waals surface area contributed by atoms with Gasteiger partial charge in [0.1, 0.15) is 5.82 Å². The summed E-state index contributed by atoms with van der Waals surface area (Å²) in [6, 6.07) is 4.66. The van der Waals surface area contributed by atoms with Crippen molar-refractivity contribution in [3.63, 3.8) is 0 Å². The maximum Gasteiger partial charge on any atom is 0.253 e. The average molecular weight is 250 g/mol. The van der Waals surface area contributed by atoms with Crippen LogP contribution in [0.3, 0.4) is 0 Å². The van der Waals surface area contributed by atoms with Gasteiger partial charge in [-0.15, -0.1) is 0 Å². The van der Waals surface area contributed by atoms with Crippen molar-refractivity contribution in [2.75, 3.05) is 19.6 Å². The van der Waals surface area contributed by atoms with E-state index < -0.39 is 0 Å². The van der Waals surface area contributed by atoms with Crippen LogP contribution in [-0.4, -0.2) is 30.4 Å². The number of hydrogen-bond donors (Lipinski definition) is 1. The molecule has 1 aliphatic rings. The minimum Gasteiger partial charge on any atom is -0.339 e. The number of aryl methyl sites for hydroxylation is 1. The van der Waals surface area contributed by atoms with Gasteiger partial charge in [0.05, 0.1) is 0 Å². The van der Waals surface area contributed by atoms with Crippen LogP contribution in [0.1, 0.15) is 28.8 Å². The van der Waals surface area contributed by atoms with E-state index >= 15 is 0 Å². The fourth-order valence-electron chi connectivity index (χ4n) is 2.28. The van der Waals surface area contributed by atoms with Crippen LogP contribution in [0.25, 0.3) is 0 Å². The summed E-state index contributed by atoms with van der Waals surface area (Å²) in [5, 5.41) is 0. The van der Waals surface area contributed by atoms with Crippen molar-refractivity contribution in [2.45, 2.75) is 19.8 Å². The molecule has 1 fully saturated rings. The summed E-state index contributed by atoms with van der Waals surface area (Å²) in [5.74, 6) is 0.117. The Balaban J connectivity index is 2.05. The molecule has 1 amide bonds. The number of halogens is 1. The molecule has 0 spiro atoms. The lowest BCUT2D eigenvalue weighted by atomic mass is 9.96. The predicted octanol–water partition coefficient (Wildman–Crippen LogP) is 1.95. The van der Waals surface area contributed by atoms with Gasteiger partial charge in [0.25, 0.3) is 5.91 Å². The Morgan fingerprint density at radius 2 is 2.11 bits per heavy atom. The molecule has 0 aromatic heterocycles. The highest BCUT2D eigenvalue weighted by Gasteiger charge is 2.23. The van der Waals surface area contributed by atoms with Crippen molar-refractivity contribution in [3.8, 4) is 0 Å². The summed E-state index contributed by atoms with van der Waals surface area (Å²) in [5.41, 5.74) is 6.62. The zero-order chi connectivity index (χ0) is 13.1. The minimum atomic E-state index is -0.322. The number of likely N-dealkylation sites (tertiary alicyclic amines) is 1. The van der Waals surface area contributed by atoms with E-state index in [9.17, 15) is 9.18 Å². The van der Waals surface area contributed by atoms with Gasteiger partial charge in [-0.2, -0.15) is 0 Å². The van der Waals surface area contributed by atoms with Crippen LogP contribution in [0.15, 0.2) is 18.2 Å². The van der Waals surface area contributed by atoms with Crippen LogP contribution in [0.5, 0.6) is 0 Å². The SMILES string of the molecule is Cc1ccc(C(=O)N2CCC(CN)CC2)cc1F. The number of rotatable bonds is 2. The molecule has 2 rings (SSSR count). The third kappa shape index (κ3) is 2.70. The Hall–Kier alpha value is -1.42. The Morgan fingerprint density at radius 1 is 1.44 bits per heavy atom. The van der Waals surface area contributed by atoms with Crippen LogP contribution in [0, 0.1) is 18.7 Å². The Morgan fingerprint density at radius 3 is 2.67 bits per heavy atom. The van der Waals surface area contributed by atoms with E-state index in [0.717, 1.165) is 25.9 Å². The molecule has 98 valence electrons. The van der Waals surface area contributed by atoms with Crippen LogP contribution in [0.2, 0.25) is 0 Å². The van der Waals surface area contributed by atoms with Gasteiger partial charge in [-0.1, -0.05) is 6.07 Å². The number of amides is 1. The molecule has 1 saturated heterocycles. The lowest BCUT2D eigenvalue weighted by Gasteiger charge is -2.31. The third-order valence-corrected chi connectivity index (χ3v) is 3.65. The minimum absolute atomic E-state index is 0.0793. The van der Waals surface area contributed by atoms with E-state index in [2.05, 4.69) is 0 Å². The topological polar surface area (TPSA) is 46.3 Å². The molecule has 2 N–H and O–H groups in total. The Bertz CT molecular complexity index is 439.